The van der Waals surface area contributed by atoms with Gasteiger partial charge >= 0.3 is 12.1 Å². The highest BCUT2D eigenvalue weighted by Gasteiger charge is 2.37. The summed E-state index contributed by atoms with van der Waals surface area (Å²) in [5, 5.41) is 15.3. The van der Waals surface area contributed by atoms with E-state index in [1.54, 1.807) is 4.90 Å². The van der Waals surface area contributed by atoms with Crippen LogP contribution in [0.25, 0.3) is 10.8 Å². The van der Waals surface area contributed by atoms with Crippen LogP contribution in [0.5, 0.6) is 5.75 Å². The molecule has 1 aliphatic heterocycles. The highest BCUT2D eigenvalue weighted by Crippen LogP contribution is 2.34. The maximum absolute atomic E-state index is 13.1. The Bertz CT molecular complexity index is 1440. The van der Waals surface area contributed by atoms with Crippen molar-refractivity contribution in [2.24, 2.45) is 5.92 Å². The molecule has 194 valence electrons. The Morgan fingerprint density at radius 3 is 2.47 bits per heavy atom. The number of amides is 1. The van der Waals surface area contributed by atoms with E-state index in [-0.39, 0.29) is 23.4 Å². The molecule has 4 aromatic rings. The number of rotatable bonds is 7. The summed E-state index contributed by atoms with van der Waals surface area (Å²) in [7, 11) is 0. The third kappa shape index (κ3) is 5.55. The van der Waals surface area contributed by atoms with Gasteiger partial charge in [-0.05, 0) is 65.9 Å². The minimum Gasteiger partial charge on any atom is -0.478 e. The van der Waals surface area contributed by atoms with E-state index in [2.05, 4.69) is 85.9 Å². The fourth-order valence-electron chi connectivity index (χ4n) is 5.40. The lowest BCUT2D eigenvalue weighted by molar-refractivity contribution is 0.0697. The van der Waals surface area contributed by atoms with Crippen LogP contribution in [0.1, 0.15) is 45.9 Å². The maximum Gasteiger partial charge on any atom is 0.415 e. The van der Waals surface area contributed by atoms with Crippen molar-refractivity contribution in [2.45, 2.75) is 25.8 Å². The van der Waals surface area contributed by atoms with Gasteiger partial charge in [0.1, 0.15) is 5.75 Å². The first-order chi connectivity index (χ1) is 18.4. The number of benzene rings is 4. The van der Waals surface area contributed by atoms with Gasteiger partial charge in [-0.3, -0.25) is 0 Å². The van der Waals surface area contributed by atoms with Gasteiger partial charge in [-0.1, -0.05) is 72.3 Å². The molecule has 0 aliphatic carbocycles. The van der Waals surface area contributed by atoms with Crippen molar-refractivity contribution in [3.8, 4) is 5.75 Å². The monoisotopic (exact) mass is 508 g/mol. The van der Waals surface area contributed by atoms with Crippen molar-refractivity contribution in [1.29, 1.82) is 0 Å². The van der Waals surface area contributed by atoms with E-state index in [4.69, 9.17) is 9.84 Å². The fraction of sp³-hybridized carbons (Fsp3) is 0.250. The first-order valence-electron chi connectivity index (χ1n) is 13.0. The third-order valence-corrected chi connectivity index (χ3v) is 7.45. The molecule has 1 aliphatic rings. The summed E-state index contributed by atoms with van der Waals surface area (Å²) in [4.78, 5) is 26.0. The second-order valence-electron chi connectivity index (χ2n) is 10.1. The van der Waals surface area contributed by atoms with Crippen molar-refractivity contribution >= 4 is 22.8 Å². The minimum absolute atomic E-state index is 0.146. The molecule has 1 amide bonds. The second-order valence-corrected chi connectivity index (χ2v) is 10.1. The zero-order chi connectivity index (χ0) is 26.6. The van der Waals surface area contributed by atoms with Gasteiger partial charge in [-0.15, -0.1) is 0 Å². The van der Waals surface area contributed by atoms with Crippen molar-refractivity contribution < 1.29 is 19.4 Å². The standard InChI is InChI=1S/C32H32N2O4/c1-21-7-5-10-25(17-21)30-20-34(32(37)38-27-15-13-24(14-16-27)31(35)36)19-26(30)18-33-22(2)28-12-6-9-23-8-3-4-11-29(23)28/h3-17,22,26,30,33H,18-20H2,1-2H3,(H,35,36)/t22-,26-,30-/m1/s1. The summed E-state index contributed by atoms with van der Waals surface area (Å²) in [5.74, 6) is -0.310. The summed E-state index contributed by atoms with van der Waals surface area (Å²) in [6.45, 7) is 6.15. The number of hydrogen-bond donors (Lipinski definition) is 2. The number of aromatic carboxylic acids is 1. The summed E-state index contributed by atoms with van der Waals surface area (Å²) in [6, 6.07) is 29.4. The summed E-state index contributed by atoms with van der Waals surface area (Å²) >= 11 is 0. The highest BCUT2D eigenvalue weighted by atomic mass is 16.6. The molecular formula is C32H32N2O4. The Hall–Kier alpha value is -4.16. The smallest absolute Gasteiger partial charge is 0.415 e. The number of nitrogens with one attached hydrogen (secondary N) is 1. The van der Waals surface area contributed by atoms with E-state index in [1.807, 2.05) is 0 Å². The summed E-state index contributed by atoms with van der Waals surface area (Å²) in [6.07, 6.45) is -0.421. The lowest BCUT2D eigenvalue weighted by Crippen LogP contribution is -2.33. The highest BCUT2D eigenvalue weighted by molar-refractivity contribution is 5.88. The quantitative estimate of drug-likeness (QED) is 0.302. The lowest BCUT2D eigenvalue weighted by atomic mass is 9.88. The molecule has 1 saturated heterocycles. The molecule has 0 bridgehead atoms. The first kappa shape index (κ1) is 25.5. The van der Waals surface area contributed by atoms with Crippen molar-refractivity contribution in [3.05, 3.63) is 113 Å². The Labute approximate surface area is 222 Å². The molecule has 2 N–H and O–H groups in total. The molecular weight excluding hydrogens is 476 g/mol. The maximum atomic E-state index is 13.1. The van der Waals surface area contributed by atoms with Crippen LogP contribution < -0.4 is 10.1 Å². The van der Waals surface area contributed by atoms with Crippen molar-refractivity contribution in [1.82, 2.24) is 10.2 Å². The molecule has 1 heterocycles. The number of carboxylic acid groups (broad SMARTS) is 1. The molecule has 3 atom stereocenters. The third-order valence-electron chi connectivity index (χ3n) is 7.45. The Kier molecular flexibility index (Phi) is 7.43. The number of aryl methyl sites for hydroxylation is 1. The van der Waals surface area contributed by atoms with Gasteiger partial charge in [0.25, 0.3) is 0 Å². The lowest BCUT2D eigenvalue weighted by Gasteiger charge is -2.23. The van der Waals surface area contributed by atoms with Crippen LogP contribution in [0.4, 0.5) is 4.79 Å². The molecule has 0 radical (unpaired) electrons. The molecule has 6 nitrogen and oxygen atoms in total. The number of hydrogen-bond acceptors (Lipinski definition) is 4. The molecule has 38 heavy (non-hydrogen) atoms. The summed E-state index contributed by atoms with van der Waals surface area (Å²) in [5.41, 5.74) is 3.82. The largest absolute Gasteiger partial charge is 0.478 e. The molecule has 6 heteroatoms. The van der Waals surface area contributed by atoms with Gasteiger partial charge in [-0.25, -0.2) is 9.59 Å². The second kappa shape index (κ2) is 11.1. The van der Waals surface area contributed by atoms with Crippen LogP contribution in [0, 0.1) is 12.8 Å². The fourth-order valence-corrected chi connectivity index (χ4v) is 5.40. The van der Waals surface area contributed by atoms with Crippen molar-refractivity contribution in [3.63, 3.8) is 0 Å². The molecule has 0 aromatic heterocycles. The van der Waals surface area contributed by atoms with Crippen LogP contribution in [0.3, 0.4) is 0 Å². The first-order valence-corrected chi connectivity index (χ1v) is 13.0. The molecule has 0 spiro atoms. The van der Waals surface area contributed by atoms with Gasteiger partial charge in [0.2, 0.25) is 0 Å². The van der Waals surface area contributed by atoms with Gasteiger partial charge in [-0.2, -0.15) is 0 Å². The zero-order valence-corrected chi connectivity index (χ0v) is 21.6. The van der Waals surface area contributed by atoms with E-state index in [0.717, 1.165) is 6.54 Å². The topological polar surface area (TPSA) is 78.9 Å². The number of carbonyl (C=O) groups excluding carboxylic acids is 1. The Morgan fingerprint density at radius 2 is 1.71 bits per heavy atom. The molecule has 4 aromatic carbocycles. The zero-order valence-electron chi connectivity index (χ0n) is 21.6. The average Bonchev–Trinajstić information content (AvgIpc) is 3.36. The van der Waals surface area contributed by atoms with E-state index >= 15 is 0 Å². The van der Waals surface area contributed by atoms with Gasteiger partial charge in [0.15, 0.2) is 0 Å². The van der Waals surface area contributed by atoms with Crippen LogP contribution >= 0.6 is 0 Å². The van der Waals surface area contributed by atoms with Crippen LogP contribution in [0.15, 0.2) is 91.0 Å². The predicted molar refractivity (Wildman–Crippen MR) is 149 cm³/mol. The number of carbonyl (C=O) groups is 2. The Balaban J connectivity index is 1.31. The molecule has 0 unspecified atom stereocenters. The van der Waals surface area contributed by atoms with E-state index in [9.17, 15) is 9.59 Å². The van der Waals surface area contributed by atoms with Crippen LogP contribution in [-0.2, 0) is 0 Å². The molecule has 5 rings (SSSR count). The van der Waals surface area contributed by atoms with Crippen molar-refractivity contribution in [2.75, 3.05) is 19.6 Å². The Morgan fingerprint density at radius 1 is 0.974 bits per heavy atom. The van der Waals surface area contributed by atoms with E-state index in [1.165, 1.54) is 51.7 Å². The normalized spacial score (nSPS) is 17.9. The van der Waals surface area contributed by atoms with Crippen LogP contribution in [-0.4, -0.2) is 41.7 Å². The number of fused-ring (bicyclic) bond motifs is 1. The minimum atomic E-state index is -1.02. The number of carboxylic acids is 1. The van der Waals surface area contributed by atoms with E-state index in [0.29, 0.717) is 18.8 Å². The van der Waals surface area contributed by atoms with Crippen LogP contribution in [0.2, 0.25) is 0 Å². The SMILES string of the molecule is Cc1cccc([C@H]2CN(C(=O)Oc3ccc(C(=O)O)cc3)C[C@H]2CN[C@H](C)c2cccc3ccccc23)c1. The van der Waals surface area contributed by atoms with Gasteiger partial charge < -0.3 is 20.1 Å². The summed E-state index contributed by atoms with van der Waals surface area (Å²) < 4.78 is 5.61. The van der Waals surface area contributed by atoms with E-state index < -0.39 is 12.1 Å². The predicted octanol–water partition coefficient (Wildman–Crippen LogP) is 6.41. The number of ether oxygens (including phenoxy) is 1. The average molecular weight is 509 g/mol. The molecule has 0 saturated carbocycles. The number of nitrogens with zero attached hydrogens (tertiary/aromatic N) is 1. The molecule has 1 fully saturated rings. The number of likely N-dealkylation sites (tertiary alicyclic amines) is 1. The van der Waals surface area contributed by atoms with Gasteiger partial charge in [0, 0.05) is 31.6 Å². The van der Waals surface area contributed by atoms with Gasteiger partial charge in [0.05, 0.1) is 5.56 Å².